The fourth-order valence-corrected chi connectivity index (χ4v) is 4.32. The first-order valence-corrected chi connectivity index (χ1v) is 11.1. The summed E-state index contributed by atoms with van der Waals surface area (Å²) < 4.78 is 13.6. The van der Waals surface area contributed by atoms with E-state index in [2.05, 4.69) is 33.8 Å². The van der Waals surface area contributed by atoms with Gasteiger partial charge in [-0.1, -0.05) is 36.4 Å². The van der Waals surface area contributed by atoms with Crippen LogP contribution in [0.25, 0.3) is 0 Å². The van der Waals surface area contributed by atoms with E-state index in [1.165, 1.54) is 17.2 Å². The highest BCUT2D eigenvalue weighted by atomic mass is 19.1. The second-order valence-corrected chi connectivity index (χ2v) is 8.58. The Hall–Kier alpha value is -2.89. The minimum Gasteiger partial charge on any atom is -0.356 e. The topological polar surface area (TPSA) is 56.7 Å². The zero-order valence-electron chi connectivity index (χ0n) is 18.2. The summed E-state index contributed by atoms with van der Waals surface area (Å²) in [5.41, 5.74) is 3.66. The van der Waals surface area contributed by atoms with Crippen LogP contribution in [0.5, 0.6) is 0 Å². The Bertz CT molecular complexity index is 954. The van der Waals surface area contributed by atoms with Gasteiger partial charge in [-0.2, -0.15) is 0 Å². The number of amides is 1. The molecule has 1 saturated carbocycles. The Morgan fingerprint density at radius 2 is 1.94 bits per heavy atom. The molecule has 2 aromatic rings. The molecule has 2 N–H and O–H groups in total. The van der Waals surface area contributed by atoms with Crippen molar-refractivity contribution in [2.75, 3.05) is 26.7 Å². The smallest absolute Gasteiger partial charge is 0.222 e. The van der Waals surface area contributed by atoms with E-state index >= 15 is 0 Å². The molecular formula is C25H31FN4O. The van der Waals surface area contributed by atoms with Crippen molar-refractivity contribution in [2.45, 2.75) is 44.1 Å². The molecule has 0 saturated heterocycles. The van der Waals surface area contributed by atoms with Crippen molar-refractivity contribution >= 4 is 11.9 Å². The molecule has 0 bridgehead atoms. The number of hydrogen-bond acceptors (Lipinski definition) is 2. The number of fused-ring (bicyclic) bond motifs is 1. The number of rotatable bonds is 7. The van der Waals surface area contributed by atoms with Gasteiger partial charge in [0.1, 0.15) is 5.82 Å². The van der Waals surface area contributed by atoms with Crippen molar-refractivity contribution in [3.63, 3.8) is 0 Å². The number of aliphatic imine (C=N–C) groups is 1. The van der Waals surface area contributed by atoms with Gasteiger partial charge in [-0.25, -0.2) is 4.39 Å². The molecule has 0 radical (unpaired) electrons. The zero-order chi connectivity index (χ0) is 21.7. The van der Waals surface area contributed by atoms with Gasteiger partial charge in [0, 0.05) is 45.1 Å². The van der Waals surface area contributed by atoms with Crippen LogP contribution < -0.4 is 10.6 Å². The molecule has 1 amide bonds. The van der Waals surface area contributed by atoms with Crippen LogP contribution in [0.15, 0.2) is 53.5 Å². The second kappa shape index (κ2) is 9.50. The molecule has 4 rings (SSSR count). The van der Waals surface area contributed by atoms with Gasteiger partial charge in [-0.15, -0.1) is 0 Å². The molecule has 5 nitrogen and oxygen atoms in total. The monoisotopic (exact) mass is 422 g/mol. The first-order valence-electron chi connectivity index (χ1n) is 11.1. The van der Waals surface area contributed by atoms with Crippen LogP contribution in [0, 0.1) is 5.82 Å². The maximum absolute atomic E-state index is 13.6. The molecule has 0 spiro atoms. The number of guanidine groups is 1. The summed E-state index contributed by atoms with van der Waals surface area (Å²) in [6.07, 6.45) is 4.32. The summed E-state index contributed by atoms with van der Waals surface area (Å²) in [4.78, 5) is 18.8. The van der Waals surface area contributed by atoms with E-state index < -0.39 is 0 Å². The maximum atomic E-state index is 13.6. The molecular weight excluding hydrogens is 391 g/mol. The number of nitrogens with zero attached hydrogens (tertiary/aromatic N) is 2. The van der Waals surface area contributed by atoms with Gasteiger partial charge in [0.15, 0.2) is 5.96 Å². The molecule has 2 aromatic carbocycles. The number of benzene rings is 2. The predicted octanol–water partition coefficient (Wildman–Crippen LogP) is 3.39. The molecule has 31 heavy (non-hydrogen) atoms. The van der Waals surface area contributed by atoms with Gasteiger partial charge >= 0.3 is 0 Å². The van der Waals surface area contributed by atoms with E-state index in [4.69, 9.17) is 0 Å². The highest BCUT2D eigenvalue weighted by Gasteiger charge is 2.44. The summed E-state index contributed by atoms with van der Waals surface area (Å²) >= 11 is 0. The maximum Gasteiger partial charge on any atom is 0.222 e. The second-order valence-electron chi connectivity index (χ2n) is 8.58. The van der Waals surface area contributed by atoms with Gasteiger partial charge in [0.25, 0.3) is 0 Å². The Kier molecular flexibility index (Phi) is 6.54. The van der Waals surface area contributed by atoms with Gasteiger partial charge in [-0.3, -0.25) is 9.79 Å². The highest BCUT2D eigenvalue weighted by molar-refractivity contribution is 5.80. The summed E-state index contributed by atoms with van der Waals surface area (Å²) in [6, 6.07) is 15.3. The fraction of sp³-hybridized carbons (Fsp3) is 0.440. The lowest BCUT2D eigenvalue weighted by atomic mass is 9.96. The molecule has 1 fully saturated rings. The van der Waals surface area contributed by atoms with Crippen molar-refractivity contribution < 1.29 is 9.18 Å². The van der Waals surface area contributed by atoms with E-state index in [-0.39, 0.29) is 17.1 Å². The molecule has 1 aliphatic carbocycles. The molecule has 164 valence electrons. The van der Waals surface area contributed by atoms with Gasteiger partial charge < -0.3 is 15.5 Å². The van der Waals surface area contributed by atoms with Crippen molar-refractivity contribution in [3.8, 4) is 0 Å². The van der Waals surface area contributed by atoms with E-state index in [0.29, 0.717) is 19.5 Å². The Labute approximate surface area is 183 Å². The minimum atomic E-state index is -0.187. The van der Waals surface area contributed by atoms with Crippen LogP contribution in [-0.2, 0) is 23.2 Å². The third-order valence-electron chi connectivity index (χ3n) is 6.45. The minimum absolute atomic E-state index is 0.000238. The first kappa shape index (κ1) is 21.3. The van der Waals surface area contributed by atoms with Crippen LogP contribution in [-0.4, -0.2) is 43.4 Å². The first-order chi connectivity index (χ1) is 15.1. The number of hydrogen-bond donors (Lipinski definition) is 2. The van der Waals surface area contributed by atoms with Crippen molar-refractivity contribution in [2.24, 2.45) is 4.99 Å². The zero-order valence-corrected chi connectivity index (χ0v) is 18.2. The Balaban J connectivity index is 1.18. The van der Waals surface area contributed by atoms with E-state index in [1.54, 1.807) is 19.2 Å². The average molecular weight is 423 g/mol. The predicted molar refractivity (Wildman–Crippen MR) is 121 cm³/mol. The van der Waals surface area contributed by atoms with Crippen LogP contribution in [0.2, 0.25) is 0 Å². The van der Waals surface area contributed by atoms with E-state index in [0.717, 1.165) is 50.3 Å². The van der Waals surface area contributed by atoms with E-state index in [9.17, 15) is 9.18 Å². The molecule has 0 atom stereocenters. The van der Waals surface area contributed by atoms with Crippen LogP contribution >= 0.6 is 0 Å². The quantitative estimate of drug-likeness (QED) is 0.409. The summed E-state index contributed by atoms with van der Waals surface area (Å²) in [5.74, 6) is 0.748. The molecule has 1 heterocycles. The lowest BCUT2D eigenvalue weighted by molar-refractivity contribution is -0.132. The summed E-state index contributed by atoms with van der Waals surface area (Å²) in [5, 5.41) is 6.67. The molecule has 0 unspecified atom stereocenters. The van der Waals surface area contributed by atoms with Gasteiger partial charge in [0.05, 0.1) is 0 Å². The lowest BCUT2D eigenvalue weighted by Gasteiger charge is -2.29. The van der Waals surface area contributed by atoms with Gasteiger partial charge in [-0.05, 0) is 54.5 Å². The fourth-order valence-electron chi connectivity index (χ4n) is 4.32. The number of nitrogens with one attached hydrogen (secondary N) is 2. The molecule has 1 aliphatic heterocycles. The largest absolute Gasteiger partial charge is 0.356 e. The molecule has 6 heteroatoms. The van der Waals surface area contributed by atoms with Crippen LogP contribution in [0.1, 0.15) is 42.4 Å². The third-order valence-corrected chi connectivity index (χ3v) is 6.45. The van der Waals surface area contributed by atoms with Crippen molar-refractivity contribution in [1.29, 1.82) is 0 Å². The van der Waals surface area contributed by atoms with Crippen molar-refractivity contribution in [1.82, 2.24) is 15.5 Å². The number of halogens is 1. The number of carbonyl (C=O) groups excluding carboxylic acids is 1. The Morgan fingerprint density at radius 3 is 2.68 bits per heavy atom. The SMILES string of the molecule is CN=C(NCCCC(=O)N1CCc2ccccc2C1)NCC1(c2cccc(F)c2)CC1. The Morgan fingerprint density at radius 1 is 1.13 bits per heavy atom. The normalized spacial score (nSPS) is 17.1. The molecule has 0 aromatic heterocycles. The van der Waals surface area contributed by atoms with E-state index in [1.807, 2.05) is 17.0 Å². The van der Waals surface area contributed by atoms with Gasteiger partial charge in [0.2, 0.25) is 5.91 Å². The average Bonchev–Trinajstić information content (AvgIpc) is 3.59. The van der Waals surface area contributed by atoms with Crippen LogP contribution in [0.3, 0.4) is 0 Å². The lowest BCUT2D eigenvalue weighted by Crippen LogP contribution is -2.42. The van der Waals surface area contributed by atoms with Crippen LogP contribution in [0.4, 0.5) is 4.39 Å². The summed E-state index contributed by atoms with van der Waals surface area (Å²) in [6.45, 7) is 2.92. The van der Waals surface area contributed by atoms with Crippen molar-refractivity contribution in [3.05, 3.63) is 71.0 Å². The third kappa shape index (κ3) is 5.24. The highest BCUT2D eigenvalue weighted by Crippen LogP contribution is 2.47. The standard InChI is InChI=1S/C25H31FN4O/c1-27-24(29-18-25(12-13-25)21-8-4-9-22(26)16-21)28-14-5-10-23(31)30-15-11-19-6-2-3-7-20(19)17-30/h2-4,6-9,16H,5,10-15,17-18H2,1H3,(H2,27,28,29). The number of carbonyl (C=O) groups is 1. The summed E-state index contributed by atoms with van der Waals surface area (Å²) in [7, 11) is 1.74. The molecule has 2 aliphatic rings.